The molecular formula is C63H48N2O. The van der Waals surface area contributed by atoms with Gasteiger partial charge < -0.3 is 13.9 Å². The Morgan fingerprint density at radius 1 is 0.500 bits per heavy atom. The molecule has 0 N–H and O–H groups in total. The summed E-state index contributed by atoms with van der Waals surface area (Å²) >= 11 is 0. The second-order valence-electron chi connectivity index (χ2n) is 17.1. The van der Waals surface area contributed by atoms with E-state index in [0.717, 1.165) is 57.9 Å². The van der Waals surface area contributed by atoms with Gasteiger partial charge in [0.1, 0.15) is 11.3 Å². The maximum absolute atomic E-state index is 6.60. The standard InChI is InChI=1S/C61H42N2O.C2H6/c1-3-16-43(17-4-1)61(44-18-5-2-6-19-44)53-24-11-7-20-48(53)49-39-38-47(40-54(49)61)62(57-27-15-29-59-60(57)52-23-10-14-28-58(52)64-59)45-34-30-41(31-35-45)42-32-36-46(37-33-42)63-55-25-12-8-21-50(55)51-22-9-13-26-56(51)63;1-2/h1-13,15-27,29-40H,14,28H2;1-2H3. The molecule has 0 saturated heterocycles. The number of benzene rings is 9. The average molecular weight is 849 g/mol. The molecule has 0 aliphatic heterocycles. The lowest BCUT2D eigenvalue weighted by Crippen LogP contribution is -2.28. The predicted molar refractivity (Wildman–Crippen MR) is 277 cm³/mol. The zero-order chi connectivity index (χ0) is 44.2. The van der Waals surface area contributed by atoms with Crippen molar-refractivity contribution in [3.8, 4) is 27.9 Å². The van der Waals surface area contributed by atoms with Gasteiger partial charge >= 0.3 is 0 Å². The summed E-state index contributed by atoms with van der Waals surface area (Å²) in [4.78, 5) is 2.44. The first kappa shape index (κ1) is 39.5. The van der Waals surface area contributed by atoms with Gasteiger partial charge in [0.25, 0.3) is 0 Å². The number of aromatic nitrogens is 1. The largest absolute Gasteiger partial charge is 0.460 e. The van der Waals surface area contributed by atoms with Crippen LogP contribution in [0.3, 0.4) is 0 Å². The molecule has 0 spiro atoms. The van der Waals surface area contributed by atoms with Crippen molar-refractivity contribution >= 4 is 55.9 Å². The fourth-order valence-corrected chi connectivity index (χ4v) is 11.0. The third-order valence-corrected chi connectivity index (χ3v) is 13.7. The first-order valence-electron chi connectivity index (χ1n) is 23.3. The van der Waals surface area contributed by atoms with E-state index < -0.39 is 5.41 Å². The van der Waals surface area contributed by atoms with Crippen molar-refractivity contribution in [3.05, 3.63) is 258 Å². The summed E-state index contributed by atoms with van der Waals surface area (Å²) in [6.45, 7) is 4.00. The molecule has 11 aromatic rings. The lowest BCUT2D eigenvalue weighted by Gasteiger charge is -2.35. The second-order valence-corrected chi connectivity index (χ2v) is 17.1. The fourth-order valence-electron chi connectivity index (χ4n) is 11.0. The molecule has 2 heterocycles. The van der Waals surface area contributed by atoms with E-state index in [-0.39, 0.29) is 0 Å². The van der Waals surface area contributed by atoms with Gasteiger partial charge in [0.2, 0.25) is 0 Å². The first-order valence-corrected chi connectivity index (χ1v) is 23.3. The SMILES string of the molecule is C1=Cc2c(oc3cccc(N(c4ccc(-c5ccc(-n6c7ccccc7c7ccccc76)cc5)cc4)c4ccc5c(c4)C(c4ccccc4)(c4ccccc4)c4ccccc4-5)c23)CC1.CC. The molecule has 0 bridgehead atoms. The quantitative estimate of drug-likeness (QED) is 0.159. The Balaban J connectivity index is 0.00000225. The van der Waals surface area contributed by atoms with Gasteiger partial charge in [0.15, 0.2) is 0 Å². The number of nitrogens with zero attached hydrogens (tertiary/aromatic N) is 2. The topological polar surface area (TPSA) is 21.3 Å². The Labute approximate surface area is 386 Å². The zero-order valence-corrected chi connectivity index (χ0v) is 37.2. The molecule has 0 saturated carbocycles. The lowest BCUT2D eigenvalue weighted by atomic mass is 9.67. The number of para-hydroxylation sites is 2. The van der Waals surface area contributed by atoms with Crippen LogP contribution < -0.4 is 4.90 Å². The Bertz CT molecular complexity index is 3500. The molecule has 2 aromatic heterocycles. The summed E-state index contributed by atoms with van der Waals surface area (Å²) < 4.78 is 8.97. The number of allylic oxidation sites excluding steroid dienone is 1. The molecule has 0 fully saturated rings. The van der Waals surface area contributed by atoms with Crippen molar-refractivity contribution in [2.45, 2.75) is 32.1 Å². The van der Waals surface area contributed by atoms with Crippen molar-refractivity contribution in [1.29, 1.82) is 0 Å². The highest BCUT2D eigenvalue weighted by Gasteiger charge is 2.46. The molecule has 2 aliphatic carbocycles. The van der Waals surface area contributed by atoms with Gasteiger partial charge in [-0.1, -0.05) is 184 Å². The minimum absolute atomic E-state index is 0.519. The summed E-state index contributed by atoms with van der Waals surface area (Å²) in [6.07, 6.45) is 6.42. The first-order chi connectivity index (χ1) is 32.8. The van der Waals surface area contributed by atoms with Crippen LogP contribution in [-0.4, -0.2) is 4.57 Å². The van der Waals surface area contributed by atoms with Crippen LogP contribution in [0.25, 0.3) is 66.8 Å². The molecule has 9 aromatic carbocycles. The molecule has 13 rings (SSSR count). The van der Waals surface area contributed by atoms with E-state index in [2.05, 4.69) is 240 Å². The van der Waals surface area contributed by atoms with Crippen LogP contribution in [0.5, 0.6) is 0 Å². The number of furan rings is 1. The fraction of sp³-hybridized carbons (Fsp3) is 0.0794. The second kappa shape index (κ2) is 16.1. The monoisotopic (exact) mass is 848 g/mol. The van der Waals surface area contributed by atoms with Crippen molar-refractivity contribution in [2.24, 2.45) is 0 Å². The molecule has 316 valence electrons. The van der Waals surface area contributed by atoms with Crippen LogP contribution >= 0.6 is 0 Å². The van der Waals surface area contributed by atoms with E-state index in [1.807, 2.05) is 13.8 Å². The summed E-state index contributed by atoms with van der Waals surface area (Å²) in [5.74, 6) is 1.06. The van der Waals surface area contributed by atoms with Crippen LogP contribution in [0.4, 0.5) is 17.1 Å². The van der Waals surface area contributed by atoms with E-state index in [9.17, 15) is 0 Å². The van der Waals surface area contributed by atoms with Crippen molar-refractivity contribution < 1.29 is 4.42 Å². The maximum Gasteiger partial charge on any atom is 0.137 e. The van der Waals surface area contributed by atoms with Gasteiger partial charge in [-0.3, -0.25) is 0 Å². The van der Waals surface area contributed by atoms with Gasteiger partial charge in [0, 0.05) is 39.8 Å². The normalized spacial score (nSPS) is 13.2. The summed E-state index contributed by atoms with van der Waals surface area (Å²) in [7, 11) is 0. The predicted octanol–water partition coefficient (Wildman–Crippen LogP) is 17.0. The van der Waals surface area contributed by atoms with Crippen molar-refractivity contribution in [3.63, 3.8) is 0 Å². The number of fused-ring (bicyclic) bond motifs is 9. The maximum atomic E-state index is 6.60. The minimum Gasteiger partial charge on any atom is -0.460 e. The minimum atomic E-state index is -0.519. The van der Waals surface area contributed by atoms with Gasteiger partial charge in [0.05, 0.1) is 27.5 Å². The van der Waals surface area contributed by atoms with Gasteiger partial charge in [-0.2, -0.15) is 0 Å². The molecule has 0 radical (unpaired) electrons. The Hall–Kier alpha value is -8.14. The highest BCUT2D eigenvalue weighted by Crippen LogP contribution is 2.57. The lowest BCUT2D eigenvalue weighted by molar-refractivity contribution is 0.546. The van der Waals surface area contributed by atoms with Crippen LogP contribution in [-0.2, 0) is 11.8 Å². The smallest absolute Gasteiger partial charge is 0.137 e. The zero-order valence-electron chi connectivity index (χ0n) is 37.2. The molecular weight excluding hydrogens is 801 g/mol. The van der Waals surface area contributed by atoms with Crippen LogP contribution in [0.2, 0.25) is 0 Å². The number of hydrogen-bond acceptors (Lipinski definition) is 2. The van der Waals surface area contributed by atoms with Gasteiger partial charge in [-0.25, -0.2) is 0 Å². The van der Waals surface area contributed by atoms with Crippen LogP contribution in [0, 0.1) is 0 Å². The number of anilines is 3. The third-order valence-electron chi connectivity index (χ3n) is 13.7. The summed E-state index contributed by atoms with van der Waals surface area (Å²) in [5.41, 5.74) is 18.4. The van der Waals surface area contributed by atoms with Crippen molar-refractivity contribution in [2.75, 3.05) is 4.90 Å². The van der Waals surface area contributed by atoms with Crippen LogP contribution in [0.1, 0.15) is 53.8 Å². The highest BCUT2D eigenvalue weighted by atomic mass is 16.3. The average Bonchev–Trinajstić information content (AvgIpc) is 4.05. The third kappa shape index (κ3) is 6.04. The Kier molecular flexibility index (Phi) is 9.65. The van der Waals surface area contributed by atoms with Crippen LogP contribution in [0.15, 0.2) is 229 Å². The van der Waals surface area contributed by atoms with Gasteiger partial charge in [-0.15, -0.1) is 0 Å². The molecule has 3 heteroatoms. The molecule has 3 nitrogen and oxygen atoms in total. The van der Waals surface area contributed by atoms with Crippen molar-refractivity contribution in [1.82, 2.24) is 4.57 Å². The van der Waals surface area contributed by atoms with Gasteiger partial charge in [-0.05, 0) is 112 Å². The highest BCUT2D eigenvalue weighted by molar-refractivity contribution is 6.09. The Morgan fingerprint density at radius 2 is 1.08 bits per heavy atom. The number of rotatable bonds is 7. The molecule has 0 atom stereocenters. The number of aryl methyl sites for hydroxylation is 1. The summed E-state index contributed by atoms with van der Waals surface area (Å²) in [6, 6.07) is 80.2. The van der Waals surface area contributed by atoms with E-state index in [0.29, 0.717) is 0 Å². The van der Waals surface area contributed by atoms with E-state index >= 15 is 0 Å². The molecule has 0 unspecified atom stereocenters. The molecule has 2 aliphatic rings. The summed E-state index contributed by atoms with van der Waals surface area (Å²) in [5, 5.41) is 3.67. The van der Waals surface area contributed by atoms with E-state index in [4.69, 9.17) is 4.42 Å². The van der Waals surface area contributed by atoms with E-state index in [1.54, 1.807) is 0 Å². The Morgan fingerprint density at radius 3 is 1.76 bits per heavy atom. The number of hydrogen-bond donors (Lipinski definition) is 0. The van der Waals surface area contributed by atoms with E-state index in [1.165, 1.54) is 66.3 Å². The molecule has 66 heavy (non-hydrogen) atoms. The molecule has 0 amide bonds.